The predicted molar refractivity (Wildman–Crippen MR) is 86.7 cm³/mol. The van der Waals surface area contributed by atoms with Gasteiger partial charge < -0.3 is 9.47 Å². The molecule has 0 aliphatic heterocycles. The second-order valence-corrected chi connectivity index (χ2v) is 5.80. The average Bonchev–Trinajstić information content (AvgIpc) is 2.54. The van der Waals surface area contributed by atoms with Crippen molar-refractivity contribution in [2.75, 3.05) is 13.7 Å². The molecule has 4 nitrogen and oxygen atoms in total. The molecule has 2 aromatic rings. The first kappa shape index (κ1) is 17.4. The van der Waals surface area contributed by atoms with Gasteiger partial charge in [-0.05, 0) is 36.4 Å². The minimum atomic E-state index is -0.737. The smallest absolute Gasteiger partial charge is 0.340 e. The van der Waals surface area contributed by atoms with Crippen molar-refractivity contribution in [2.45, 2.75) is 0 Å². The Hall–Kier alpha value is -1.92. The van der Waals surface area contributed by atoms with Gasteiger partial charge in [0.15, 0.2) is 24.0 Å². The van der Waals surface area contributed by atoms with Gasteiger partial charge >= 0.3 is 5.97 Å². The SMILES string of the molecule is COc1ccc(C(=O)COC(=O)c2cc(Br)ccc2Cl)cc1F. The lowest BCUT2D eigenvalue weighted by Gasteiger charge is -2.07. The van der Waals surface area contributed by atoms with Gasteiger partial charge in [0.2, 0.25) is 0 Å². The lowest BCUT2D eigenvalue weighted by molar-refractivity contribution is 0.0474. The molecule has 120 valence electrons. The molecule has 0 unspecified atom stereocenters. The van der Waals surface area contributed by atoms with Gasteiger partial charge in [-0.1, -0.05) is 27.5 Å². The minimum Gasteiger partial charge on any atom is -0.494 e. The van der Waals surface area contributed by atoms with Crippen molar-refractivity contribution < 1.29 is 23.5 Å². The number of hydrogen-bond acceptors (Lipinski definition) is 4. The summed E-state index contributed by atoms with van der Waals surface area (Å²) in [6.07, 6.45) is 0. The molecule has 0 N–H and O–H groups in total. The van der Waals surface area contributed by atoms with Crippen molar-refractivity contribution in [3.63, 3.8) is 0 Å². The zero-order valence-electron chi connectivity index (χ0n) is 11.9. The van der Waals surface area contributed by atoms with E-state index in [9.17, 15) is 14.0 Å². The van der Waals surface area contributed by atoms with Gasteiger partial charge in [-0.25, -0.2) is 9.18 Å². The number of hydrogen-bond donors (Lipinski definition) is 0. The van der Waals surface area contributed by atoms with Crippen molar-refractivity contribution >= 4 is 39.3 Å². The van der Waals surface area contributed by atoms with E-state index in [0.29, 0.717) is 4.47 Å². The minimum absolute atomic E-state index is 0.0273. The van der Waals surface area contributed by atoms with Crippen LogP contribution < -0.4 is 4.74 Å². The highest BCUT2D eigenvalue weighted by Gasteiger charge is 2.16. The lowest BCUT2D eigenvalue weighted by atomic mass is 10.1. The van der Waals surface area contributed by atoms with Crippen LogP contribution >= 0.6 is 27.5 Å². The molecule has 0 atom stereocenters. The molecular weight excluding hydrogens is 391 g/mol. The molecule has 2 aromatic carbocycles. The highest BCUT2D eigenvalue weighted by Crippen LogP contribution is 2.22. The molecule has 0 radical (unpaired) electrons. The third kappa shape index (κ3) is 4.30. The third-order valence-corrected chi connectivity index (χ3v) is 3.78. The number of ether oxygens (including phenoxy) is 2. The normalized spacial score (nSPS) is 10.3. The molecule has 0 spiro atoms. The van der Waals surface area contributed by atoms with E-state index in [4.69, 9.17) is 21.1 Å². The molecule has 0 fully saturated rings. The Balaban J connectivity index is 2.05. The maximum absolute atomic E-state index is 13.6. The fourth-order valence-corrected chi connectivity index (χ4v) is 2.34. The second-order valence-electron chi connectivity index (χ2n) is 4.47. The number of ketones is 1. The standard InChI is InChI=1S/C16H11BrClFO4/c1-22-15-5-2-9(6-13(15)19)14(20)8-23-16(21)11-7-10(17)3-4-12(11)18/h2-7H,8H2,1H3. The Morgan fingerprint density at radius 3 is 2.61 bits per heavy atom. The van der Waals surface area contributed by atoms with Crippen LogP contribution in [0, 0.1) is 5.82 Å². The number of benzene rings is 2. The summed E-state index contributed by atoms with van der Waals surface area (Å²) in [5.74, 6) is -1.91. The summed E-state index contributed by atoms with van der Waals surface area (Å²) in [5, 5.41) is 0.209. The van der Waals surface area contributed by atoms with Crippen LogP contribution in [0.15, 0.2) is 40.9 Å². The van der Waals surface area contributed by atoms with Crippen LogP contribution in [-0.2, 0) is 4.74 Å². The molecule has 0 saturated heterocycles. The predicted octanol–water partition coefficient (Wildman–Crippen LogP) is 4.29. The van der Waals surface area contributed by atoms with Crippen molar-refractivity contribution in [3.8, 4) is 5.75 Å². The molecule has 0 aliphatic carbocycles. The van der Waals surface area contributed by atoms with Gasteiger partial charge in [0.1, 0.15) is 0 Å². The number of carbonyl (C=O) groups is 2. The molecule has 0 heterocycles. The van der Waals surface area contributed by atoms with E-state index in [0.717, 1.165) is 6.07 Å². The van der Waals surface area contributed by atoms with Crippen LogP contribution in [0.25, 0.3) is 0 Å². The molecule has 0 amide bonds. The Kier molecular flexibility index (Phi) is 5.74. The van der Waals surface area contributed by atoms with Gasteiger partial charge in [0, 0.05) is 10.0 Å². The molecular formula is C16H11BrClFO4. The lowest BCUT2D eigenvalue weighted by Crippen LogP contribution is -2.15. The molecule has 0 aliphatic rings. The Bertz CT molecular complexity index is 764. The van der Waals surface area contributed by atoms with Crippen molar-refractivity contribution in [3.05, 3.63) is 62.8 Å². The fourth-order valence-electron chi connectivity index (χ4n) is 1.79. The van der Waals surface area contributed by atoms with Crippen LogP contribution in [0.2, 0.25) is 5.02 Å². The zero-order chi connectivity index (χ0) is 17.0. The topological polar surface area (TPSA) is 52.6 Å². The number of carbonyl (C=O) groups excluding carboxylic acids is 2. The largest absolute Gasteiger partial charge is 0.494 e. The molecule has 0 bridgehead atoms. The van der Waals surface area contributed by atoms with Crippen molar-refractivity contribution in [1.29, 1.82) is 0 Å². The molecule has 7 heteroatoms. The van der Waals surface area contributed by atoms with E-state index in [1.54, 1.807) is 6.07 Å². The van der Waals surface area contributed by atoms with Gasteiger partial charge in [-0.2, -0.15) is 0 Å². The summed E-state index contributed by atoms with van der Waals surface area (Å²) >= 11 is 9.12. The van der Waals surface area contributed by atoms with Crippen molar-refractivity contribution in [1.82, 2.24) is 0 Å². The number of rotatable bonds is 5. The van der Waals surface area contributed by atoms with E-state index < -0.39 is 24.2 Å². The average molecular weight is 402 g/mol. The van der Waals surface area contributed by atoms with E-state index in [-0.39, 0.29) is 21.9 Å². The Morgan fingerprint density at radius 2 is 1.96 bits per heavy atom. The maximum atomic E-state index is 13.6. The van der Waals surface area contributed by atoms with Crippen LogP contribution in [0.1, 0.15) is 20.7 Å². The van der Waals surface area contributed by atoms with Crippen molar-refractivity contribution in [2.24, 2.45) is 0 Å². The van der Waals surface area contributed by atoms with E-state index in [2.05, 4.69) is 15.9 Å². The highest BCUT2D eigenvalue weighted by atomic mass is 79.9. The van der Waals surface area contributed by atoms with Crippen LogP contribution in [0.3, 0.4) is 0 Å². The first-order valence-electron chi connectivity index (χ1n) is 6.41. The first-order chi connectivity index (χ1) is 10.9. The second kappa shape index (κ2) is 7.57. The van der Waals surface area contributed by atoms with E-state index >= 15 is 0 Å². The molecule has 2 rings (SSSR count). The van der Waals surface area contributed by atoms with Gasteiger partial charge in [-0.3, -0.25) is 4.79 Å². The van der Waals surface area contributed by atoms with Gasteiger partial charge in [0.25, 0.3) is 0 Å². The zero-order valence-corrected chi connectivity index (χ0v) is 14.3. The summed E-state index contributed by atoms with van der Waals surface area (Å²) in [6, 6.07) is 8.44. The molecule has 23 heavy (non-hydrogen) atoms. The van der Waals surface area contributed by atoms with Crippen LogP contribution in [0.5, 0.6) is 5.75 Å². The van der Waals surface area contributed by atoms with Gasteiger partial charge in [0.05, 0.1) is 17.7 Å². The number of esters is 1. The highest BCUT2D eigenvalue weighted by molar-refractivity contribution is 9.10. The maximum Gasteiger partial charge on any atom is 0.340 e. The monoisotopic (exact) mass is 400 g/mol. The summed E-state index contributed by atoms with van der Waals surface area (Å²) in [5.41, 5.74) is 0.214. The quantitative estimate of drug-likeness (QED) is 0.554. The number of halogens is 3. The molecule has 0 aromatic heterocycles. The van der Waals surface area contributed by atoms with E-state index in [1.807, 2.05) is 0 Å². The molecule has 0 saturated carbocycles. The fraction of sp³-hybridized carbons (Fsp3) is 0.125. The van der Waals surface area contributed by atoms with Crippen LogP contribution in [0.4, 0.5) is 4.39 Å². The van der Waals surface area contributed by atoms with E-state index in [1.165, 1.54) is 31.4 Å². The summed E-state index contributed by atoms with van der Waals surface area (Å²) < 4.78 is 23.9. The summed E-state index contributed by atoms with van der Waals surface area (Å²) in [7, 11) is 1.32. The first-order valence-corrected chi connectivity index (χ1v) is 7.58. The summed E-state index contributed by atoms with van der Waals surface area (Å²) in [4.78, 5) is 23.9. The number of Topliss-reactive ketones (excluding diaryl/α,β-unsaturated/α-hetero) is 1. The Labute approximate surface area is 145 Å². The third-order valence-electron chi connectivity index (χ3n) is 2.96. The Morgan fingerprint density at radius 1 is 1.22 bits per heavy atom. The summed E-state index contributed by atoms with van der Waals surface area (Å²) in [6.45, 7) is -0.520. The van der Waals surface area contributed by atoms with Crippen LogP contribution in [-0.4, -0.2) is 25.5 Å². The van der Waals surface area contributed by atoms with Gasteiger partial charge in [-0.15, -0.1) is 0 Å². The number of methoxy groups -OCH3 is 1.